The van der Waals surface area contributed by atoms with Gasteiger partial charge in [-0.1, -0.05) is 36.4 Å². The van der Waals surface area contributed by atoms with Crippen molar-refractivity contribution in [2.75, 3.05) is 27.3 Å². The summed E-state index contributed by atoms with van der Waals surface area (Å²) in [6, 6.07) is 28.4. The normalized spacial score (nSPS) is 14.3. The lowest BCUT2D eigenvalue weighted by Crippen LogP contribution is -2.44. The van der Waals surface area contributed by atoms with Gasteiger partial charge in [0, 0.05) is 42.4 Å². The van der Waals surface area contributed by atoms with Gasteiger partial charge in [0.15, 0.2) is 0 Å². The Hall–Kier alpha value is -4.16. The van der Waals surface area contributed by atoms with Gasteiger partial charge in [-0.15, -0.1) is 0 Å². The zero-order valence-electron chi connectivity index (χ0n) is 22.0. The molecule has 0 unspecified atom stereocenters. The van der Waals surface area contributed by atoms with E-state index in [0.717, 1.165) is 43.8 Å². The van der Waals surface area contributed by atoms with Crippen molar-refractivity contribution in [3.63, 3.8) is 0 Å². The standard InChI is InChI=1S/C32H34N4O2/c1-37-27-11-9-24(10-12-27)31(33)29-14-13-28(38-2)20-30(29)32(34)35-26-15-17-36(18-16-26)21-22-7-8-23-5-3-4-6-25(23)19-22/h3-14,19-20,26,33H,15-18,21H2,1-2H3,(H2,34,35). The Bertz CT molecular complexity index is 1440. The number of methoxy groups -OCH3 is 2. The molecule has 6 heteroatoms. The number of hydrogen-bond acceptors (Lipinski definition) is 5. The van der Waals surface area contributed by atoms with Crippen LogP contribution in [0.15, 0.2) is 84.9 Å². The molecule has 3 N–H and O–H groups in total. The number of nitrogens with zero attached hydrogens (tertiary/aromatic N) is 1. The molecular formula is C32H34N4O2. The number of amidine groups is 1. The van der Waals surface area contributed by atoms with Crippen LogP contribution in [0.25, 0.3) is 10.8 Å². The minimum Gasteiger partial charge on any atom is -0.497 e. The van der Waals surface area contributed by atoms with Crippen LogP contribution in [0.5, 0.6) is 11.5 Å². The molecule has 5 rings (SSSR count). The summed E-state index contributed by atoms with van der Waals surface area (Å²) in [5.41, 5.74) is 3.83. The van der Waals surface area contributed by atoms with Gasteiger partial charge in [0.2, 0.25) is 0 Å². The Morgan fingerprint density at radius 1 is 0.789 bits per heavy atom. The van der Waals surface area contributed by atoms with Crippen molar-refractivity contribution in [3.8, 4) is 11.5 Å². The number of rotatable bonds is 8. The van der Waals surface area contributed by atoms with E-state index in [1.807, 2.05) is 42.5 Å². The summed E-state index contributed by atoms with van der Waals surface area (Å²) < 4.78 is 10.7. The minimum atomic E-state index is 0.213. The molecule has 1 aliphatic rings. The van der Waals surface area contributed by atoms with Crippen LogP contribution in [0.1, 0.15) is 35.1 Å². The number of benzene rings is 4. The maximum Gasteiger partial charge on any atom is 0.126 e. The Labute approximate surface area is 224 Å². The number of likely N-dealkylation sites (tertiary alicyclic amines) is 1. The fourth-order valence-corrected chi connectivity index (χ4v) is 5.10. The first kappa shape index (κ1) is 25.5. The van der Waals surface area contributed by atoms with Gasteiger partial charge >= 0.3 is 0 Å². The molecular weight excluding hydrogens is 472 g/mol. The molecule has 1 fully saturated rings. The maximum atomic E-state index is 8.91. The number of hydrogen-bond donors (Lipinski definition) is 3. The van der Waals surface area contributed by atoms with E-state index in [9.17, 15) is 0 Å². The average molecular weight is 507 g/mol. The second-order valence-corrected chi connectivity index (χ2v) is 9.77. The molecule has 38 heavy (non-hydrogen) atoms. The average Bonchev–Trinajstić information content (AvgIpc) is 2.97. The van der Waals surface area contributed by atoms with E-state index in [4.69, 9.17) is 20.3 Å². The van der Waals surface area contributed by atoms with Crippen LogP contribution in [-0.2, 0) is 6.54 Å². The summed E-state index contributed by atoms with van der Waals surface area (Å²) in [6.45, 7) is 2.89. The monoisotopic (exact) mass is 506 g/mol. The van der Waals surface area contributed by atoms with Gasteiger partial charge in [-0.2, -0.15) is 0 Å². The summed E-state index contributed by atoms with van der Waals surface area (Å²) in [5, 5.41) is 23.8. The molecule has 0 radical (unpaired) electrons. The van der Waals surface area contributed by atoms with Crippen LogP contribution in [0.4, 0.5) is 0 Å². The molecule has 0 amide bonds. The smallest absolute Gasteiger partial charge is 0.126 e. The van der Waals surface area contributed by atoms with Crippen molar-refractivity contribution < 1.29 is 9.47 Å². The van der Waals surface area contributed by atoms with Gasteiger partial charge in [-0.05, 0) is 77.7 Å². The van der Waals surface area contributed by atoms with Gasteiger partial charge in [0.1, 0.15) is 17.3 Å². The highest BCUT2D eigenvalue weighted by atomic mass is 16.5. The highest BCUT2D eigenvalue weighted by Gasteiger charge is 2.22. The SMILES string of the molecule is COc1ccc(C(=N)c2ccc(OC)cc2C(=N)NC2CCN(Cc3ccc4ccccc4c3)CC2)cc1. The molecule has 0 atom stereocenters. The predicted octanol–water partition coefficient (Wildman–Crippen LogP) is 5.85. The molecule has 4 aromatic carbocycles. The quantitative estimate of drug-likeness (QED) is 0.207. The second-order valence-electron chi connectivity index (χ2n) is 9.77. The number of fused-ring (bicyclic) bond motifs is 1. The molecule has 6 nitrogen and oxygen atoms in total. The summed E-state index contributed by atoms with van der Waals surface area (Å²) in [7, 11) is 3.25. The molecule has 194 valence electrons. The first-order valence-corrected chi connectivity index (χ1v) is 13.0. The number of nitrogens with one attached hydrogen (secondary N) is 3. The van der Waals surface area contributed by atoms with Crippen molar-refractivity contribution in [2.24, 2.45) is 0 Å². The van der Waals surface area contributed by atoms with Gasteiger partial charge in [-0.25, -0.2) is 0 Å². The molecule has 1 heterocycles. The zero-order chi connectivity index (χ0) is 26.5. The van der Waals surface area contributed by atoms with Crippen molar-refractivity contribution in [1.82, 2.24) is 10.2 Å². The predicted molar refractivity (Wildman–Crippen MR) is 154 cm³/mol. The molecule has 0 saturated carbocycles. The molecule has 0 aromatic heterocycles. The van der Waals surface area contributed by atoms with E-state index >= 15 is 0 Å². The summed E-state index contributed by atoms with van der Waals surface area (Å²) in [4.78, 5) is 2.49. The van der Waals surface area contributed by atoms with Crippen LogP contribution in [0.2, 0.25) is 0 Å². The lowest BCUT2D eigenvalue weighted by atomic mass is 9.95. The van der Waals surface area contributed by atoms with Crippen molar-refractivity contribution in [1.29, 1.82) is 10.8 Å². The van der Waals surface area contributed by atoms with Crippen molar-refractivity contribution >= 4 is 22.3 Å². The highest BCUT2D eigenvalue weighted by molar-refractivity contribution is 6.17. The zero-order valence-corrected chi connectivity index (χ0v) is 22.0. The van der Waals surface area contributed by atoms with Gasteiger partial charge < -0.3 is 14.8 Å². The largest absolute Gasteiger partial charge is 0.497 e. The van der Waals surface area contributed by atoms with E-state index in [1.54, 1.807) is 14.2 Å². The number of piperidine rings is 1. The van der Waals surface area contributed by atoms with E-state index < -0.39 is 0 Å². The third kappa shape index (κ3) is 5.71. The minimum absolute atomic E-state index is 0.213. The molecule has 0 spiro atoms. The molecule has 4 aromatic rings. The van der Waals surface area contributed by atoms with E-state index in [1.165, 1.54) is 16.3 Å². The van der Waals surface area contributed by atoms with Gasteiger partial charge in [0.05, 0.1) is 19.9 Å². The first-order valence-electron chi connectivity index (χ1n) is 13.0. The van der Waals surface area contributed by atoms with Crippen LogP contribution >= 0.6 is 0 Å². The van der Waals surface area contributed by atoms with E-state index in [-0.39, 0.29) is 6.04 Å². The third-order valence-electron chi connectivity index (χ3n) is 7.30. The summed E-state index contributed by atoms with van der Waals surface area (Å²) >= 11 is 0. The number of ether oxygens (including phenoxy) is 2. The van der Waals surface area contributed by atoms with Gasteiger partial charge in [0.25, 0.3) is 0 Å². The highest BCUT2D eigenvalue weighted by Crippen LogP contribution is 2.24. The lowest BCUT2D eigenvalue weighted by Gasteiger charge is -2.33. The molecule has 1 saturated heterocycles. The van der Waals surface area contributed by atoms with E-state index in [0.29, 0.717) is 28.4 Å². The van der Waals surface area contributed by atoms with Crippen LogP contribution < -0.4 is 14.8 Å². The maximum absolute atomic E-state index is 8.91. The Morgan fingerprint density at radius 2 is 1.47 bits per heavy atom. The lowest BCUT2D eigenvalue weighted by molar-refractivity contribution is 0.199. The molecule has 0 aliphatic carbocycles. The Balaban J connectivity index is 1.24. The first-order chi connectivity index (χ1) is 18.5. The molecule has 0 bridgehead atoms. The Morgan fingerprint density at radius 3 is 2.18 bits per heavy atom. The van der Waals surface area contributed by atoms with Crippen LogP contribution in [-0.4, -0.2) is 49.8 Å². The molecule has 1 aliphatic heterocycles. The third-order valence-corrected chi connectivity index (χ3v) is 7.30. The van der Waals surface area contributed by atoms with Crippen LogP contribution in [0, 0.1) is 10.8 Å². The van der Waals surface area contributed by atoms with Crippen molar-refractivity contribution in [3.05, 3.63) is 107 Å². The fraction of sp³-hybridized carbons (Fsp3) is 0.250. The second kappa shape index (κ2) is 11.5. The van der Waals surface area contributed by atoms with Crippen molar-refractivity contribution in [2.45, 2.75) is 25.4 Å². The summed E-state index contributed by atoms with van der Waals surface area (Å²) in [6.07, 6.45) is 1.93. The summed E-state index contributed by atoms with van der Waals surface area (Å²) in [5.74, 6) is 1.74. The van der Waals surface area contributed by atoms with E-state index in [2.05, 4.69) is 52.7 Å². The Kier molecular flexibility index (Phi) is 7.70. The van der Waals surface area contributed by atoms with Crippen LogP contribution in [0.3, 0.4) is 0 Å². The topological polar surface area (TPSA) is 81.4 Å². The van der Waals surface area contributed by atoms with Gasteiger partial charge in [-0.3, -0.25) is 15.7 Å². The fourth-order valence-electron chi connectivity index (χ4n) is 5.10.